The maximum absolute atomic E-state index is 6.03. The lowest BCUT2D eigenvalue weighted by Gasteiger charge is -2.15. The Balaban J connectivity index is 2.04. The summed E-state index contributed by atoms with van der Waals surface area (Å²) in [5.41, 5.74) is 1.96. The van der Waals surface area contributed by atoms with Crippen molar-refractivity contribution in [2.45, 2.75) is 13.0 Å². The Morgan fingerprint density at radius 1 is 1.00 bits per heavy atom. The first-order valence-electron chi connectivity index (χ1n) is 6.85. The summed E-state index contributed by atoms with van der Waals surface area (Å²) >= 11 is 12.0. The highest BCUT2D eigenvalue weighted by atomic mass is 35.5. The van der Waals surface area contributed by atoms with Crippen LogP contribution in [-0.4, -0.2) is 6.54 Å². The van der Waals surface area contributed by atoms with Gasteiger partial charge in [-0.25, -0.2) is 0 Å². The van der Waals surface area contributed by atoms with Gasteiger partial charge in [-0.2, -0.15) is 0 Å². The van der Waals surface area contributed by atoms with Gasteiger partial charge in [-0.05, 0) is 48.5 Å². The van der Waals surface area contributed by atoms with E-state index in [2.05, 4.69) is 12.2 Å². The first-order valence-corrected chi connectivity index (χ1v) is 7.61. The van der Waals surface area contributed by atoms with Crippen molar-refractivity contribution in [3.63, 3.8) is 0 Å². The fraction of sp³-hybridized carbons (Fsp3) is 0.176. The van der Waals surface area contributed by atoms with Crippen molar-refractivity contribution in [2.24, 2.45) is 0 Å². The number of rotatable bonds is 4. The maximum Gasteiger partial charge on any atom is 0.134 e. The second kappa shape index (κ2) is 6.10. The van der Waals surface area contributed by atoms with Gasteiger partial charge in [0, 0.05) is 15.4 Å². The lowest BCUT2D eigenvalue weighted by atomic mass is 10.0. The van der Waals surface area contributed by atoms with Crippen LogP contribution in [0.25, 0.3) is 11.0 Å². The zero-order chi connectivity index (χ0) is 14.8. The monoisotopic (exact) mass is 319 g/mol. The summed E-state index contributed by atoms with van der Waals surface area (Å²) in [6.45, 7) is 2.91. The number of benzene rings is 2. The van der Waals surface area contributed by atoms with Crippen molar-refractivity contribution in [2.75, 3.05) is 6.54 Å². The topological polar surface area (TPSA) is 25.2 Å². The molecule has 21 heavy (non-hydrogen) atoms. The Morgan fingerprint density at radius 3 is 2.43 bits per heavy atom. The molecule has 0 aliphatic heterocycles. The summed E-state index contributed by atoms with van der Waals surface area (Å²) in [6.07, 6.45) is 0. The van der Waals surface area contributed by atoms with E-state index < -0.39 is 0 Å². The number of halogens is 2. The van der Waals surface area contributed by atoms with Crippen LogP contribution in [0.5, 0.6) is 0 Å². The summed E-state index contributed by atoms with van der Waals surface area (Å²) in [6, 6.07) is 15.5. The number of fused-ring (bicyclic) bond motifs is 1. The third-order valence-electron chi connectivity index (χ3n) is 3.39. The van der Waals surface area contributed by atoms with Crippen molar-refractivity contribution >= 4 is 34.2 Å². The Kier molecular flexibility index (Phi) is 4.20. The number of furan rings is 1. The molecular weight excluding hydrogens is 305 g/mol. The highest BCUT2D eigenvalue weighted by Crippen LogP contribution is 2.30. The van der Waals surface area contributed by atoms with Gasteiger partial charge in [-0.3, -0.25) is 0 Å². The first-order chi connectivity index (χ1) is 10.2. The molecular formula is C17H15Cl2NO. The number of hydrogen-bond acceptors (Lipinski definition) is 2. The normalized spacial score (nSPS) is 12.7. The molecule has 0 aliphatic carbocycles. The summed E-state index contributed by atoms with van der Waals surface area (Å²) in [5, 5.41) is 5.89. The molecule has 0 bridgehead atoms. The molecule has 2 aromatic carbocycles. The van der Waals surface area contributed by atoms with E-state index in [0.29, 0.717) is 5.02 Å². The molecule has 3 aromatic rings. The quantitative estimate of drug-likeness (QED) is 0.692. The molecule has 0 amide bonds. The van der Waals surface area contributed by atoms with Crippen molar-refractivity contribution in [3.8, 4) is 0 Å². The van der Waals surface area contributed by atoms with Crippen molar-refractivity contribution in [1.82, 2.24) is 5.32 Å². The molecule has 1 unspecified atom stereocenters. The van der Waals surface area contributed by atoms with Crippen LogP contribution in [-0.2, 0) is 0 Å². The van der Waals surface area contributed by atoms with E-state index in [1.54, 1.807) is 0 Å². The molecule has 0 spiro atoms. The van der Waals surface area contributed by atoms with E-state index in [1.165, 1.54) is 0 Å². The smallest absolute Gasteiger partial charge is 0.134 e. The van der Waals surface area contributed by atoms with E-state index in [-0.39, 0.29) is 6.04 Å². The average Bonchev–Trinajstić information content (AvgIpc) is 2.88. The Hall–Kier alpha value is -1.48. The largest absolute Gasteiger partial charge is 0.459 e. The van der Waals surface area contributed by atoms with E-state index >= 15 is 0 Å². The molecule has 1 heterocycles. The van der Waals surface area contributed by atoms with Gasteiger partial charge < -0.3 is 9.73 Å². The number of nitrogens with one attached hydrogen (secondary N) is 1. The summed E-state index contributed by atoms with van der Waals surface area (Å²) in [4.78, 5) is 0. The highest BCUT2D eigenvalue weighted by molar-refractivity contribution is 6.31. The SMILES string of the molecule is CCNC(c1ccc(Cl)cc1)c1cc2cc(Cl)ccc2o1. The van der Waals surface area contributed by atoms with E-state index in [1.807, 2.05) is 48.5 Å². The summed E-state index contributed by atoms with van der Waals surface area (Å²) < 4.78 is 5.97. The van der Waals surface area contributed by atoms with Crippen LogP contribution in [0.3, 0.4) is 0 Å². The third kappa shape index (κ3) is 3.08. The van der Waals surface area contributed by atoms with Gasteiger partial charge in [-0.15, -0.1) is 0 Å². The van der Waals surface area contributed by atoms with E-state index in [9.17, 15) is 0 Å². The van der Waals surface area contributed by atoms with Crippen LogP contribution in [0.4, 0.5) is 0 Å². The van der Waals surface area contributed by atoms with Gasteiger partial charge in [0.1, 0.15) is 11.3 Å². The third-order valence-corrected chi connectivity index (χ3v) is 3.88. The van der Waals surface area contributed by atoms with Gasteiger partial charge in [-0.1, -0.05) is 42.3 Å². The average molecular weight is 320 g/mol. The molecule has 0 aliphatic rings. The fourth-order valence-corrected chi connectivity index (χ4v) is 2.73. The second-order valence-corrected chi connectivity index (χ2v) is 5.75. The Bertz CT molecular complexity index is 749. The molecule has 3 rings (SSSR count). The van der Waals surface area contributed by atoms with Gasteiger partial charge in [0.25, 0.3) is 0 Å². The van der Waals surface area contributed by atoms with Crippen LogP contribution < -0.4 is 5.32 Å². The summed E-state index contributed by atoms with van der Waals surface area (Å²) in [5.74, 6) is 0.872. The Morgan fingerprint density at radius 2 is 1.71 bits per heavy atom. The van der Waals surface area contributed by atoms with Crippen LogP contribution in [0.15, 0.2) is 52.9 Å². The van der Waals surface area contributed by atoms with Crippen molar-refractivity contribution in [1.29, 1.82) is 0 Å². The Labute approximate surface area is 133 Å². The number of hydrogen-bond donors (Lipinski definition) is 1. The van der Waals surface area contributed by atoms with Crippen LogP contribution in [0.2, 0.25) is 10.0 Å². The molecule has 1 atom stereocenters. The maximum atomic E-state index is 6.03. The highest BCUT2D eigenvalue weighted by Gasteiger charge is 2.17. The van der Waals surface area contributed by atoms with E-state index in [0.717, 1.165) is 33.9 Å². The molecule has 1 N–H and O–H groups in total. The predicted octanol–water partition coefficient (Wildman–Crippen LogP) is 5.44. The molecule has 0 fully saturated rings. The predicted molar refractivity (Wildman–Crippen MR) is 88.2 cm³/mol. The zero-order valence-corrected chi connectivity index (χ0v) is 13.1. The van der Waals surface area contributed by atoms with Gasteiger partial charge in [0.2, 0.25) is 0 Å². The van der Waals surface area contributed by atoms with E-state index in [4.69, 9.17) is 27.6 Å². The van der Waals surface area contributed by atoms with Crippen LogP contribution in [0.1, 0.15) is 24.3 Å². The molecule has 4 heteroatoms. The van der Waals surface area contributed by atoms with Gasteiger partial charge in [0.05, 0.1) is 6.04 Å². The van der Waals surface area contributed by atoms with Gasteiger partial charge >= 0.3 is 0 Å². The van der Waals surface area contributed by atoms with Crippen LogP contribution in [0, 0.1) is 0 Å². The minimum Gasteiger partial charge on any atom is -0.459 e. The lowest BCUT2D eigenvalue weighted by Crippen LogP contribution is -2.21. The van der Waals surface area contributed by atoms with Gasteiger partial charge in [0.15, 0.2) is 0 Å². The van der Waals surface area contributed by atoms with Crippen molar-refractivity contribution < 1.29 is 4.42 Å². The summed E-state index contributed by atoms with van der Waals surface area (Å²) in [7, 11) is 0. The molecule has 0 saturated carbocycles. The van der Waals surface area contributed by atoms with Crippen LogP contribution >= 0.6 is 23.2 Å². The molecule has 0 radical (unpaired) electrons. The zero-order valence-electron chi connectivity index (χ0n) is 11.6. The lowest BCUT2D eigenvalue weighted by molar-refractivity contribution is 0.477. The minimum absolute atomic E-state index is 0.00144. The van der Waals surface area contributed by atoms with Crippen molar-refractivity contribution in [3.05, 3.63) is 69.9 Å². The molecule has 2 nitrogen and oxygen atoms in total. The molecule has 0 saturated heterocycles. The standard InChI is InChI=1S/C17H15Cl2NO/c1-2-20-17(11-3-5-13(18)6-4-11)16-10-12-9-14(19)7-8-15(12)21-16/h3-10,17,20H,2H2,1H3. The second-order valence-electron chi connectivity index (χ2n) is 4.87. The fourth-order valence-electron chi connectivity index (χ4n) is 2.42. The molecule has 1 aromatic heterocycles. The minimum atomic E-state index is -0.00144. The first kappa shape index (κ1) is 14.5. The molecule has 108 valence electrons.